The average molecular weight is 508 g/mol. The zero-order chi connectivity index (χ0) is 24.7. The van der Waals surface area contributed by atoms with Crippen molar-refractivity contribution in [2.75, 3.05) is 23.8 Å². The van der Waals surface area contributed by atoms with Crippen molar-refractivity contribution in [1.82, 2.24) is 19.5 Å². The molecule has 2 aliphatic rings. The highest BCUT2D eigenvalue weighted by molar-refractivity contribution is 6.30. The molecule has 1 saturated carbocycles. The fourth-order valence-corrected chi connectivity index (χ4v) is 4.75. The third kappa shape index (κ3) is 4.60. The van der Waals surface area contributed by atoms with Gasteiger partial charge in [0.2, 0.25) is 17.8 Å². The van der Waals surface area contributed by atoms with E-state index >= 15 is 0 Å². The summed E-state index contributed by atoms with van der Waals surface area (Å²) in [6.07, 6.45) is 3.24. The first-order chi connectivity index (χ1) is 16.8. The highest BCUT2D eigenvalue weighted by Gasteiger charge is 2.30. The molecule has 13 heteroatoms. The number of imidazole rings is 1. The molecule has 0 radical (unpaired) electrons. The van der Waals surface area contributed by atoms with Gasteiger partial charge in [-0.1, -0.05) is 11.6 Å². The van der Waals surface area contributed by atoms with Gasteiger partial charge in [0.1, 0.15) is 5.52 Å². The fourth-order valence-electron chi connectivity index (χ4n) is 4.60. The number of aromatic nitrogens is 4. The molecule has 0 bridgehead atoms. The van der Waals surface area contributed by atoms with Crippen molar-refractivity contribution in [3.05, 3.63) is 35.0 Å². The molecule has 2 aromatic heterocycles. The SMILES string of the molecule is NC(=O)[C@H]1CC[C@H](n2c(Nc3ccc(Cl)c(F)c3F)nc3cnc(N[C@H]4COC[C@@H]4O)nc32)CC1. The molecule has 3 aromatic rings. The minimum absolute atomic E-state index is 0.124. The number of ether oxygens (including phenoxy) is 1. The minimum atomic E-state index is -1.16. The van der Waals surface area contributed by atoms with E-state index in [0.29, 0.717) is 43.5 Å². The van der Waals surface area contributed by atoms with Gasteiger partial charge in [-0.2, -0.15) is 4.98 Å². The lowest BCUT2D eigenvalue weighted by atomic mass is 9.85. The van der Waals surface area contributed by atoms with E-state index in [4.69, 9.17) is 22.1 Å². The molecule has 186 valence electrons. The smallest absolute Gasteiger partial charge is 0.225 e. The number of aliphatic hydroxyl groups excluding tert-OH is 1. The summed E-state index contributed by atoms with van der Waals surface area (Å²) in [6, 6.07) is 2.10. The summed E-state index contributed by atoms with van der Waals surface area (Å²) >= 11 is 5.69. The molecular weight excluding hydrogens is 484 g/mol. The van der Waals surface area contributed by atoms with Gasteiger partial charge in [-0.15, -0.1) is 0 Å². The van der Waals surface area contributed by atoms with Gasteiger partial charge in [-0.25, -0.2) is 18.7 Å². The van der Waals surface area contributed by atoms with Gasteiger partial charge in [0.25, 0.3) is 0 Å². The number of nitrogens with two attached hydrogens (primary N) is 1. The fraction of sp³-hybridized carbons (Fsp3) is 0.455. The predicted octanol–water partition coefficient (Wildman–Crippen LogP) is 2.89. The molecule has 1 aliphatic heterocycles. The van der Waals surface area contributed by atoms with Gasteiger partial charge in [-0.3, -0.25) is 9.36 Å². The van der Waals surface area contributed by atoms with Crippen molar-refractivity contribution in [2.45, 2.75) is 43.9 Å². The summed E-state index contributed by atoms with van der Waals surface area (Å²) in [7, 11) is 0. The van der Waals surface area contributed by atoms with Crippen molar-refractivity contribution >= 4 is 46.3 Å². The summed E-state index contributed by atoms with van der Waals surface area (Å²) < 4.78 is 35.7. The second-order valence-electron chi connectivity index (χ2n) is 8.82. The average Bonchev–Trinajstić information content (AvgIpc) is 3.41. The van der Waals surface area contributed by atoms with E-state index in [0.717, 1.165) is 0 Å². The van der Waals surface area contributed by atoms with Crippen LogP contribution in [0.3, 0.4) is 0 Å². The third-order valence-electron chi connectivity index (χ3n) is 6.54. The molecule has 1 saturated heterocycles. The lowest BCUT2D eigenvalue weighted by Gasteiger charge is -2.29. The molecule has 10 nitrogen and oxygen atoms in total. The third-order valence-corrected chi connectivity index (χ3v) is 6.84. The standard InChI is InChI=1S/C22H24ClF2N7O3/c23-12-5-6-13(18(25)17(12)24)29-22-30-14-7-27-21(28-15-8-35-9-16(15)33)31-20(14)32(22)11-3-1-10(2-4-11)19(26)34/h5-7,10-11,15-16,33H,1-4,8-9H2,(H2,26,34)(H,29,30)(H,27,28,31)/t10-,11-,15-,16-/m0/s1. The van der Waals surface area contributed by atoms with Gasteiger partial charge >= 0.3 is 0 Å². The summed E-state index contributed by atoms with van der Waals surface area (Å²) in [5.74, 6) is -2.31. The quantitative estimate of drug-likeness (QED) is 0.373. The molecule has 1 aromatic carbocycles. The summed E-state index contributed by atoms with van der Waals surface area (Å²) in [5, 5.41) is 15.7. The van der Waals surface area contributed by atoms with Gasteiger partial charge in [0, 0.05) is 12.0 Å². The van der Waals surface area contributed by atoms with Crippen LogP contribution >= 0.6 is 11.6 Å². The van der Waals surface area contributed by atoms with Crippen LogP contribution in [0.15, 0.2) is 18.3 Å². The highest BCUT2D eigenvalue weighted by Crippen LogP contribution is 2.37. The van der Waals surface area contributed by atoms with E-state index in [9.17, 15) is 18.7 Å². The Bertz CT molecular complexity index is 1270. The number of hydrogen-bond donors (Lipinski definition) is 4. The number of nitrogens with one attached hydrogen (secondary N) is 2. The second kappa shape index (κ2) is 9.51. The van der Waals surface area contributed by atoms with Crippen molar-refractivity contribution in [3.63, 3.8) is 0 Å². The maximum absolute atomic E-state index is 14.6. The van der Waals surface area contributed by atoms with Crippen LogP contribution in [0.5, 0.6) is 0 Å². The Hall–Kier alpha value is -3.09. The second-order valence-corrected chi connectivity index (χ2v) is 9.23. The topological polar surface area (TPSA) is 140 Å². The van der Waals surface area contributed by atoms with E-state index in [-0.39, 0.29) is 53.1 Å². The van der Waals surface area contributed by atoms with E-state index in [2.05, 4.69) is 25.6 Å². The van der Waals surface area contributed by atoms with Gasteiger partial charge < -0.3 is 26.2 Å². The van der Waals surface area contributed by atoms with Crippen LogP contribution in [0.4, 0.5) is 26.4 Å². The molecule has 1 aliphatic carbocycles. The number of anilines is 3. The zero-order valence-corrected chi connectivity index (χ0v) is 19.3. The van der Waals surface area contributed by atoms with E-state index < -0.39 is 17.7 Å². The van der Waals surface area contributed by atoms with Gasteiger partial charge in [0.15, 0.2) is 17.3 Å². The molecule has 2 fully saturated rings. The highest BCUT2D eigenvalue weighted by atomic mass is 35.5. The Morgan fingerprint density at radius 1 is 1.17 bits per heavy atom. The first-order valence-corrected chi connectivity index (χ1v) is 11.7. The number of nitrogens with zero attached hydrogens (tertiary/aromatic N) is 4. The summed E-state index contributed by atoms with van der Waals surface area (Å²) in [5.41, 5.74) is 6.26. The van der Waals surface area contributed by atoms with E-state index in [1.54, 1.807) is 0 Å². The van der Waals surface area contributed by atoms with Crippen LogP contribution in [0.25, 0.3) is 11.2 Å². The lowest BCUT2D eigenvalue weighted by molar-refractivity contribution is -0.122. The van der Waals surface area contributed by atoms with Crippen molar-refractivity contribution in [1.29, 1.82) is 0 Å². The number of halogens is 3. The van der Waals surface area contributed by atoms with Crippen LogP contribution < -0.4 is 16.4 Å². The van der Waals surface area contributed by atoms with Gasteiger partial charge in [0.05, 0.1) is 42.3 Å². The monoisotopic (exact) mass is 507 g/mol. The van der Waals surface area contributed by atoms with Crippen LogP contribution in [0, 0.1) is 17.6 Å². The Morgan fingerprint density at radius 2 is 1.94 bits per heavy atom. The lowest BCUT2D eigenvalue weighted by Crippen LogP contribution is -2.32. The normalized spacial score (nSPS) is 24.6. The van der Waals surface area contributed by atoms with Crippen LogP contribution in [0.2, 0.25) is 5.02 Å². The van der Waals surface area contributed by atoms with Crippen LogP contribution in [0.1, 0.15) is 31.7 Å². The molecule has 5 N–H and O–H groups in total. The number of hydrogen-bond acceptors (Lipinski definition) is 8. The number of carbonyl (C=O) groups excluding carboxylic acids is 1. The Balaban J connectivity index is 1.53. The van der Waals surface area contributed by atoms with Crippen LogP contribution in [-0.2, 0) is 9.53 Å². The van der Waals surface area contributed by atoms with Crippen molar-refractivity contribution < 1.29 is 23.4 Å². The predicted molar refractivity (Wildman–Crippen MR) is 124 cm³/mol. The molecule has 0 unspecified atom stereocenters. The van der Waals surface area contributed by atoms with Crippen molar-refractivity contribution in [2.24, 2.45) is 11.7 Å². The van der Waals surface area contributed by atoms with Gasteiger partial charge in [-0.05, 0) is 37.8 Å². The Morgan fingerprint density at radius 3 is 2.63 bits per heavy atom. The molecule has 5 rings (SSSR count). The summed E-state index contributed by atoms with van der Waals surface area (Å²) in [6.45, 7) is 0.533. The Labute approximate surface area is 203 Å². The number of aliphatic hydroxyl groups is 1. The maximum atomic E-state index is 14.6. The van der Waals surface area contributed by atoms with Crippen molar-refractivity contribution in [3.8, 4) is 0 Å². The van der Waals surface area contributed by atoms with E-state index in [1.165, 1.54) is 18.3 Å². The zero-order valence-electron chi connectivity index (χ0n) is 18.5. The number of benzene rings is 1. The minimum Gasteiger partial charge on any atom is -0.388 e. The number of rotatable bonds is 6. The molecule has 1 amide bonds. The Kier molecular flexibility index (Phi) is 6.43. The first-order valence-electron chi connectivity index (χ1n) is 11.3. The molecule has 2 atom stereocenters. The first kappa shape index (κ1) is 23.6. The number of carbonyl (C=O) groups is 1. The van der Waals surface area contributed by atoms with Crippen LogP contribution in [-0.4, -0.2) is 55.9 Å². The molecule has 3 heterocycles. The molecular formula is C22H24ClF2N7O3. The molecule has 0 spiro atoms. The van der Waals surface area contributed by atoms with E-state index in [1.807, 2.05) is 4.57 Å². The maximum Gasteiger partial charge on any atom is 0.225 e. The number of primary amides is 1. The molecule has 35 heavy (non-hydrogen) atoms. The largest absolute Gasteiger partial charge is 0.388 e. The summed E-state index contributed by atoms with van der Waals surface area (Å²) in [4.78, 5) is 25.1. The number of amides is 1. The number of fused-ring (bicyclic) bond motifs is 1.